The summed E-state index contributed by atoms with van der Waals surface area (Å²) in [5.41, 5.74) is 1.39. The summed E-state index contributed by atoms with van der Waals surface area (Å²) in [6.45, 7) is 19.0. The van der Waals surface area contributed by atoms with Gasteiger partial charge in [0.1, 0.15) is 5.75 Å². The van der Waals surface area contributed by atoms with Crippen LogP contribution in [0.4, 0.5) is 0 Å². The van der Waals surface area contributed by atoms with E-state index in [1.54, 1.807) is 0 Å². The number of hydrogen-bond donors (Lipinski definition) is 0. The zero-order valence-electron chi connectivity index (χ0n) is 28.7. The number of rotatable bonds is 23. The van der Waals surface area contributed by atoms with Gasteiger partial charge < -0.3 is 8.85 Å². The summed E-state index contributed by atoms with van der Waals surface area (Å²) in [7, 11) is -3.44. The third-order valence-corrected chi connectivity index (χ3v) is 15.7. The summed E-state index contributed by atoms with van der Waals surface area (Å²) in [6.07, 6.45) is 21.8. The van der Waals surface area contributed by atoms with Crippen LogP contribution >= 0.6 is 0 Å². The highest BCUT2D eigenvalue weighted by Crippen LogP contribution is 2.29. The van der Waals surface area contributed by atoms with Crippen LogP contribution in [0, 0.1) is 11.8 Å². The van der Waals surface area contributed by atoms with Gasteiger partial charge >= 0.3 is 0 Å². The Labute approximate surface area is 272 Å². The Morgan fingerprint density at radius 2 is 1.41 bits per heavy atom. The number of allylic oxidation sites excluding steroid dienone is 5. The van der Waals surface area contributed by atoms with Crippen molar-refractivity contribution in [2.45, 2.75) is 110 Å². The van der Waals surface area contributed by atoms with Gasteiger partial charge in [-0.25, -0.2) is 0 Å². The molecule has 0 aliphatic rings. The van der Waals surface area contributed by atoms with E-state index in [-0.39, 0.29) is 5.78 Å². The molecule has 3 nitrogen and oxygen atoms in total. The van der Waals surface area contributed by atoms with Crippen LogP contribution in [0.25, 0.3) is 0 Å². The van der Waals surface area contributed by atoms with Crippen molar-refractivity contribution < 1.29 is 13.6 Å². The van der Waals surface area contributed by atoms with Gasteiger partial charge in [-0.2, -0.15) is 0 Å². The number of hydrogen-bond acceptors (Lipinski definition) is 3. The second-order valence-electron chi connectivity index (χ2n) is 13.5. The van der Waals surface area contributed by atoms with Crippen LogP contribution in [0.5, 0.6) is 5.75 Å². The number of carbonyl (C=O) groups excluding carboxylic acids is 1. The molecule has 0 aliphatic carbocycles. The maximum atomic E-state index is 12.6. The fraction of sp³-hybridized carbons (Fsp3) is 0.513. The van der Waals surface area contributed by atoms with Crippen molar-refractivity contribution in [3.8, 4) is 5.75 Å². The Morgan fingerprint density at radius 1 is 0.795 bits per heavy atom. The summed E-state index contributed by atoms with van der Waals surface area (Å²) in [6, 6.07) is 19.3. The molecule has 0 aliphatic heterocycles. The number of unbranched alkanes of at least 4 members (excludes halogenated alkanes) is 2. The van der Waals surface area contributed by atoms with Crippen LogP contribution in [-0.2, 0) is 4.12 Å². The fourth-order valence-electron chi connectivity index (χ4n) is 5.74. The highest BCUT2D eigenvalue weighted by molar-refractivity contribution is 6.84. The Morgan fingerprint density at radius 3 is 2.07 bits per heavy atom. The number of benzene rings is 2. The summed E-state index contributed by atoms with van der Waals surface area (Å²) in [4.78, 5) is 12.6. The molecule has 0 fully saturated rings. The molecule has 0 amide bonds. The van der Waals surface area contributed by atoms with Gasteiger partial charge in [-0.05, 0) is 119 Å². The molecule has 2 unspecified atom stereocenters. The van der Waals surface area contributed by atoms with Crippen LogP contribution < -0.4 is 4.74 Å². The van der Waals surface area contributed by atoms with Gasteiger partial charge in [-0.1, -0.05) is 87.4 Å². The van der Waals surface area contributed by atoms with Crippen LogP contribution in [0.1, 0.15) is 87.6 Å². The Hall–Kier alpha value is -2.48. The first-order valence-corrected chi connectivity index (χ1v) is 23.2. The number of ketones is 1. The standard InChI is InChI=1S/C39H60O3Si2/c1-8-10-11-12-13-14-15-17-22-35(9-2)33-34(3)29-32-44(6,7)42-43(4,5)31-21-20-30-41-38-27-25-37(26-28-38)39(40)36-23-18-16-19-24-36/h9-11,14-16,18-19,23-28,34-35H,2,8,12-13,17,20-22,29-33H2,1,3-7H3/b11-10+,15-14-. The highest BCUT2D eigenvalue weighted by Gasteiger charge is 2.32. The van der Waals surface area contributed by atoms with E-state index < -0.39 is 16.6 Å². The molecule has 0 bridgehead atoms. The lowest BCUT2D eigenvalue weighted by Crippen LogP contribution is -2.44. The monoisotopic (exact) mass is 632 g/mol. The van der Waals surface area contributed by atoms with Gasteiger partial charge in [0.2, 0.25) is 0 Å². The van der Waals surface area contributed by atoms with E-state index >= 15 is 0 Å². The zero-order chi connectivity index (χ0) is 32.3. The molecule has 0 heterocycles. The summed E-state index contributed by atoms with van der Waals surface area (Å²) in [5.74, 6) is 2.15. The third kappa shape index (κ3) is 16.0. The van der Waals surface area contributed by atoms with E-state index in [4.69, 9.17) is 8.85 Å². The Bertz CT molecular complexity index is 1140. The van der Waals surface area contributed by atoms with Crippen LogP contribution in [0.3, 0.4) is 0 Å². The predicted octanol–water partition coefficient (Wildman–Crippen LogP) is 11.8. The number of ether oxygens (including phenoxy) is 1. The molecule has 44 heavy (non-hydrogen) atoms. The molecule has 0 saturated carbocycles. The normalized spacial score (nSPS) is 13.8. The van der Waals surface area contributed by atoms with Crippen molar-refractivity contribution in [3.05, 3.63) is 103 Å². The molecule has 2 aromatic rings. The van der Waals surface area contributed by atoms with Gasteiger partial charge in [0.05, 0.1) is 6.61 Å². The molecular weight excluding hydrogens is 573 g/mol. The molecule has 0 aromatic heterocycles. The maximum Gasteiger partial charge on any atom is 0.193 e. The third-order valence-electron chi connectivity index (χ3n) is 8.20. The first-order valence-electron chi connectivity index (χ1n) is 17.0. The van der Waals surface area contributed by atoms with Crippen LogP contribution in [0.15, 0.2) is 91.6 Å². The second-order valence-corrected chi connectivity index (χ2v) is 22.4. The van der Waals surface area contributed by atoms with E-state index in [0.717, 1.165) is 50.3 Å². The fourth-order valence-corrected chi connectivity index (χ4v) is 14.8. The minimum absolute atomic E-state index is 0.0383. The van der Waals surface area contributed by atoms with Crippen molar-refractivity contribution >= 4 is 22.4 Å². The first kappa shape index (κ1) is 37.7. The smallest absolute Gasteiger partial charge is 0.193 e. The first-order chi connectivity index (χ1) is 21.0. The molecule has 0 N–H and O–H groups in total. The maximum absolute atomic E-state index is 12.6. The van der Waals surface area contributed by atoms with Gasteiger partial charge in [0.15, 0.2) is 22.4 Å². The van der Waals surface area contributed by atoms with Crippen molar-refractivity contribution in [2.24, 2.45) is 11.8 Å². The largest absolute Gasteiger partial charge is 0.494 e. The number of carbonyl (C=O) groups is 1. The summed E-state index contributed by atoms with van der Waals surface area (Å²) < 4.78 is 12.9. The van der Waals surface area contributed by atoms with Crippen molar-refractivity contribution in [3.63, 3.8) is 0 Å². The van der Waals surface area contributed by atoms with Crippen molar-refractivity contribution in [1.29, 1.82) is 0 Å². The molecule has 2 atom stereocenters. The van der Waals surface area contributed by atoms with Crippen LogP contribution in [-0.4, -0.2) is 29.0 Å². The molecule has 0 spiro atoms. The average molecular weight is 633 g/mol. The molecular formula is C39H60O3Si2. The van der Waals surface area contributed by atoms with Gasteiger partial charge in [-0.3, -0.25) is 4.79 Å². The van der Waals surface area contributed by atoms with E-state index in [1.165, 1.54) is 25.3 Å². The van der Waals surface area contributed by atoms with Gasteiger partial charge in [-0.15, -0.1) is 6.58 Å². The van der Waals surface area contributed by atoms with Crippen LogP contribution in [0.2, 0.25) is 38.3 Å². The Kier molecular flexibility index (Phi) is 17.6. The molecule has 0 saturated heterocycles. The molecule has 2 rings (SSSR count). The lowest BCUT2D eigenvalue weighted by molar-refractivity contribution is 0.103. The SMILES string of the molecule is C=CC(CC/C=C\CC/C=C/CC)CC(C)CC[Si](C)(C)O[Si](C)(C)CCCCOc1ccc(C(=O)c2ccccc2)cc1. The lowest BCUT2D eigenvalue weighted by Gasteiger charge is -2.35. The van der Waals surface area contributed by atoms with E-state index in [9.17, 15) is 4.79 Å². The van der Waals surface area contributed by atoms with E-state index in [2.05, 4.69) is 77.0 Å². The topological polar surface area (TPSA) is 35.5 Å². The van der Waals surface area contributed by atoms with Crippen molar-refractivity contribution in [1.82, 2.24) is 0 Å². The predicted molar refractivity (Wildman–Crippen MR) is 196 cm³/mol. The quantitative estimate of drug-likeness (QED) is 0.0529. The lowest BCUT2D eigenvalue weighted by atomic mass is 9.90. The van der Waals surface area contributed by atoms with Crippen molar-refractivity contribution in [2.75, 3.05) is 6.61 Å². The molecule has 2 aromatic carbocycles. The molecule has 0 radical (unpaired) electrons. The summed E-state index contributed by atoms with van der Waals surface area (Å²) in [5, 5.41) is 0. The average Bonchev–Trinajstić information content (AvgIpc) is 3.00. The Balaban J connectivity index is 1.64. The summed E-state index contributed by atoms with van der Waals surface area (Å²) >= 11 is 0. The zero-order valence-corrected chi connectivity index (χ0v) is 30.7. The molecule has 5 heteroatoms. The minimum atomic E-state index is -1.73. The minimum Gasteiger partial charge on any atom is -0.494 e. The molecule has 242 valence electrons. The second kappa shape index (κ2) is 20.5. The van der Waals surface area contributed by atoms with Gasteiger partial charge in [0, 0.05) is 11.1 Å². The van der Waals surface area contributed by atoms with E-state index in [0.29, 0.717) is 29.6 Å². The van der Waals surface area contributed by atoms with Gasteiger partial charge in [0.25, 0.3) is 0 Å². The van der Waals surface area contributed by atoms with E-state index in [1.807, 2.05) is 54.6 Å². The highest BCUT2D eigenvalue weighted by atomic mass is 28.4.